The normalized spacial score (nSPS) is 11.8. The molecule has 0 radical (unpaired) electrons. The zero-order chi connectivity index (χ0) is 12.9. The van der Waals surface area contributed by atoms with Crippen LogP contribution in [0.3, 0.4) is 0 Å². The van der Waals surface area contributed by atoms with Crippen LogP contribution >= 0.6 is 0 Å². The van der Waals surface area contributed by atoms with E-state index in [9.17, 15) is 18.0 Å². The number of carbonyl (C=O) groups excluding carboxylic acids is 1. The molecule has 0 aliphatic carbocycles. The summed E-state index contributed by atoms with van der Waals surface area (Å²) in [7, 11) is 0. The Balaban J connectivity index is 2.60. The van der Waals surface area contributed by atoms with Crippen LogP contribution in [0, 0.1) is 0 Å². The molecule has 0 aliphatic heterocycles. The number of hydrogen-bond acceptors (Lipinski definition) is 2. The molecule has 3 nitrogen and oxygen atoms in total. The van der Waals surface area contributed by atoms with Crippen molar-refractivity contribution in [1.82, 2.24) is 10.3 Å². The van der Waals surface area contributed by atoms with Gasteiger partial charge in [0.05, 0.1) is 0 Å². The molecule has 1 N–H and O–H groups in total. The summed E-state index contributed by atoms with van der Waals surface area (Å²) in [5.41, 5.74) is -0.375. The maximum absolute atomic E-state index is 12.2. The Bertz CT molecular complexity index is 410. The van der Waals surface area contributed by atoms with Crippen LogP contribution in [0.25, 0.3) is 6.08 Å². The molecular formula is C11H11F3N2O. The molecule has 0 bridgehead atoms. The summed E-state index contributed by atoms with van der Waals surface area (Å²) in [6, 6.07) is 2.23. The van der Waals surface area contributed by atoms with Gasteiger partial charge in [-0.1, -0.05) is 18.2 Å². The van der Waals surface area contributed by atoms with Crippen molar-refractivity contribution in [2.45, 2.75) is 13.1 Å². The van der Waals surface area contributed by atoms with Gasteiger partial charge in [0.1, 0.15) is 5.69 Å². The Morgan fingerprint density at radius 1 is 1.47 bits per heavy atom. The van der Waals surface area contributed by atoms with Crippen LogP contribution in [-0.4, -0.2) is 17.4 Å². The minimum Gasteiger partial charge on any atom is -0.353 e. The first-order chi connectivity index (χ1) is 7.89. The summed E-state index contributed by atoms with van der Waals surface area (Å²) < 4.78 is 36.6. The fourth-order valence-electron chi connectivity index (χ4n) is 1.07. The minimum absolute atomic E-state index is 0.166. The van der Waals surface area contributed by atoms with E-state index in [1.807, 2.05) is 0 Å². The largest absolute Gasteiger partial charge is 0.433 e. The van der Waals surface area contributed by atoms with E-state index in [0.717, 1.165) is 12.3 Å². The number of alkyl halides is 3. The molecule has 0 saturated carbocycles. The van der Waals surface area contributed by atoms with Gasteiger partial charge in [-0.15, -0.1) is 0 Å². The second-order valence-electron chi connectivity index (χ2n) is 3.31. The molecule has 1 rings (SSSR count). The Morgan fingerprint density at radius 3 is 2.65 bits per heavy atom. The van der Waals surface area contributed by atoms with Crippen molar-refractivity contribution >= 4 is 12.0 Å². The zero-order valence-corrected chi connectivity index (χ0v) is 9.08. The van der Waals surface area contributed by atoms with E-state index in [2.05, 4.69) is 10.3 Å². The van der Waals surface area contributed by atoms with Crippen molar-refractivity contribution in [1.29, 1.82) is 0 Å². The Hall–Kier alpha value is -1.85. The van der Waals surface area contributed by atoms with E-state index >= 15 is 0 Å². The van der Waals surface area contributed by atoms with Crippen molar-refractivity contribution in [3.8, 4) is 0 Å². The highest BCUT2D eigenvalue weighted by Crippen LogP contribution is 2.27. The number of carbonyl (C=O) groups is 1. The fourth-order valence-corrected chi connectivity index (χ4v) is 1.07. The van der Waals surface area contributed by atoms with Crippen LogP contribution in [-0.2, 0) is 11.0 Å². The first kappa shape index (κ1) is 13.2. The highest BCUT2D eigenvalue weighted by atomic mass is 19.4. The average molecular weight is 244 g/mol. The molecule has 0 spiro atoms. The molecule has 0 aromatic carbocycles. The number of nitrogens with one attached hydrogen (secondary N) is 1. The van der Waals surface area contributed by atoms with Gasteiger partial charge < -0.3 is 5.32 Å². The van der Waals surface area contributed by atoms with Crippen molar-refractivity contribution in [2.75, 3.05) is 6.54 Å². The number of aromatic nitrogens is 1. The van der Waals surface area contributed by atoms with Crippen LogP contribution in [0.15, 0.2) is 24.4 Å². The molecule has 1 aromatic heterocycles. The second kappa shape index (κ2) is 5.47. The molecular weight excluding hydrogens is 233 g/mol. The van der Waals surface area contributed by atoms with Crippen molar-refractivity contribution in [3.63, 3.8) is 0 Å². The summed E-state index contributed by atoms with van der Waals surface area (Å²) in [4.78, 5) is 13.8. The zero-order valence-electron chi connectivity index (χ0n) is 9.08. The average Bonchev–Trinajstić information content (AvgIpc) is 2.23. The quantitative estimate of drug-likeness (QED) is 0.886. The van der Waals surface area contributed by atoms with E-state index in [4.69, 9.17) is 0 Å². The van der Waals surface area contributed by atoms with Gasteiger partial charge in [-0.3, -0.25) is 9.78 Å². The third-order valence-corrected chi connectivity index (χ3v) is 1.86. The van der Waals surface area contributed by atoms with Gasteiger partial charge in [-0.05, 0) is 11.6 Å². The van der Waals surface area contributed by atoms with Crippen LogP contribution in [0.4, 0.5) is 13.2 Å². The number of hydrogen-bond donors (Lipinski definition) is 1. The fraction of sp³-hybridized carbons (Fsp3) is 0.273. The van der Waals surface area contributed by atoms with Crippen molar-refractivity contribution < 1.29 is 18.0 Å². The highest BCUT2D eigenvalue weighted by Gasteiger charge is 2.31. The second-order valence-corrected chi connectivity index (χ2v) is 3.31. The molecule has 0 saturated heterocycles. The van der Waals surface area contributed by atoms with Gasteiger partial charge in [0.25, 0.3) is 0 Å². The van der Waals surface area contributed by atoms with Crippen LogP contribution in [0.1, 0.15) is 18.2 Å². The number of amides is 1. The van der Waals surface area contributed by atoms with E-state index in [1.165, 1.54) is 13.0 Å². The third kappa shape index (κ3) is 4.67. The molecule has 6 heteroatoms. The summed E-state index contributed by atoms with van der Waals surface area (Å²) >= 11 is 0. The Labute approximate surface area is 96.4 Å². The van der Waals surface area contributed by atoms with Gasteiger partial charge in [0, 0.05) is 19.7 Å². The van der Waals surface area contributed by atoms with Crippen molar-refractivity contribution in [2.24, 2.45) is 0 Å². The SMILES string of the molecule is CC(=O)NCC=Cc1ccc(C(F)(F)F)nc1. The van der Waals surface area contributed by atoms with Gasteiger partial charge in [0.15, 0.2) is 0 Å². The maximum atomic E-state index is 12.2. The lowest BCUT2D eigenvalue weighted by Crippen LogP contribution is -2.19. The first-order valence-electron chi connectivity index (χ1n) is 4.84. The lowest BCUT2D eigenvalue weighted by Gasteiger charge is -2.04. The topological polar surface area (TPSA) is 42.0 Å². The summed E-state index contributed by atoms with van der Waals surface area (Å²) in [5, 5.41) is 2.53. The Morgan fingerprint density at radius 2 is 2.18 bits per heavy atom. The standard InChI is InChI=1S/C11H11F3N2O/c1-8(17)15-6-2-3-9-4-5-10(16-7-9)11(12,13)14/h2-5,7H,6H2,1H3,(H,15,17). The number of halogens is 3. The minimum atomic E-state index is -4.42. The summed E-state index contributed by atoms with van der Waals surface area (Å²) in [6.45, 7) is 1.71. The monoisotopic (exact) mass is 244 g/mol. The number of rotatable bonds is 3. The predicted octanol–water partition coefficient (Wildman–Crippen LogP) is 2.25. The van der Waals surface area contributed by atoms with Gasteiger partial charge in [-0.25, -0.2) is 0 Å². The molecule has 17 heavy (non-hydrogen) atoms. The molecule has 0 unspecified atom stereocenters. The smallest absolute Gasteiger partial charge is 0.353 e. The lowest BCUT2D eigenvalue weighted by molar-refractivity contribution is -0.141. The Kier molecular flexibility index (Phi) is 4.25. The van der Waals surface area contributed by atoms with Gasteiger partial charge >= 0.3 is 6.18 Å². The van der Waals surface area contributed by atoms with E-state index < -0.39 is 11.9 Å². The number of nitrogens with zero attached hydrogens (tertiary/aromatic N) is 1. The third-order valence-electron chi connectivity index (χ3n) is 1.86. The van der Waals surface area contributed by atoms with Crippen LogP contribution < -0.4 is 5.32 Å². The first-order valence-corrected chi connectivity index (χ1v) is 4.84. The highest BCUT2D eigenvalue weighted by molar-refractivity contribution is 5.73. The predicted molar refractivity (Wildman–Crippen MR) is 57.0 cm³/mol. The van der Waals surface area contributed by atoms with E-state index in [-0.39, 0.29) is 5.91 Å². The summed E-state index contributed by atoms with van der Waals surface area (Å²) in [5.74, 6) is -0.166. The van der Waals surface area contributed by atoms with Gasteiger partial charge in [0.2, 0.25) is 5.91 Å². The molecule has 1 amide bonds. The molecule has 0 fully saturated rings. The molecule has 0 atom stereocenters. The van der Waals surface area contributed by atoms with E-state index in [1.54, 1.807) is 12.2 Å². The maximum Gasteiger partial charge on any atom is 0.433 e. The molecule has 1 aromatic rings. The lowest BCUT2D eigenvalue weighted by atomic mass is 10.2. The molecule has 1 heterocycles. The van der Waals surface area contributed by atoms with Gasteiger partial charge in [-0.2, -0.15) is 13.2 Å². The summed E-state index contributed by atoms with van der Waals surface area (Å²) in [6.07, 6.45) is -0.0692. The van der Waals surface area contributed by atoms with Crippen LogP contribution in [0.2, 0.25) is 0 Å². The molecule has 0 aliphatic rings. The van der Waals surface area contributed by atoms with Crippen molar-refractivity contribution in [3.05, 3.63) is 35.7 Å². The molecule has 92 valence electrons. The van der Waals surface area contributed by atoms with Crippen LogP contribution in [0.5, 0.6) is 0 Å². The number of pyridine rings is 1. The van der Waals surface area contributed by atoms with E-state index in [0.29, 0.717) is 12.1 Å².